The van der Waals surface area contributed by atoms with Crippen LogP contribution >= 0.6 is 12.4 Å². The molecule has 8 heteroatoms. The van der Waals surface area contributed by atoms with Gasteiger partial charge in [0.1, 0.15) is 12.2 Å². The predicted molar refractivity (Wildman–Crippen MR) is 176 cm³/mol. The summed E-state index contributed by atoms with van der Waals surface area (Å²) in [5.74, 6) is 1.65. The minimum absolute atomic E-state index is 0. The fourth-order valence-corrected chi connectivity index (χ4v) is 5.90. The Labute approximate surface area is 255 Å². The number of halogens is 1. The number of aryl methyl sites for hydroxylation is 1. The molecular formula is C34H40ClN7. The molecule has 6 rings (SSSR count). The normalized spacial score (nSPS) is 15.5. The average molecular weight is 582 g/mol. The summed E-state index contributed by atoms with van der Waals surface area (Å²) in [6, 6.07) is 27.8. The predicted octanol–water partition coefficient (Wildman–Crippen LogP) is 6.92. The largest absolute Gasteiger partial charge is 0.368 e. The lowest BCUT2D eigenvalue weighted by Crippen LogP contribution is -2.52. The number of aromatic nitrogens is 4. The summed E-state index contributed by atoms with van der Waals surface area (Å²) in [7, 11) is 0. The lowest BCUT2D eigenvalue weighted by Gasteiger charge is -2.41. The number of benzene rings is 3. The summed E-state index contributed by atoms with van der Waals surface area (Å²) < 4.78 is 2.12. The quantitative estimate of drug-likeness (QED) is 0.191. The molecule has 0 bridgehead atoms. The van der Waals surface area contributed by atoms with Crippen molar-refractivity contribution in [1.82, 2.24) is 24.4 Å². The molecule has 0 spiro atoms. The van der Waals surface area contributed by atoms with E-state index in [1.807, 2.05) is 36.4 Å². The van der Waals surface area contributed by atoms with Gasteiger partial charge in [-0.1, -0.05) is 60.7 Å². The zero-order valence-corrected chi connectivity index (χ0v) is 25.5. The van der Waals surface area contributed by atoms with Gasteiger partial charge in [-0.15, -0.1) is 12.4 Å². The van der Waals surface area contributed by atoms with Crippen LogP contribution in [0, 0.1) is 13.8 Å². The Morgan fingerprint density at radius 1 is 0.857 bits per heavy atom. The first kappa shape index (κ1) is 29.5. The van der Waals surface area contributed by atoms with E-state index in [0.29, 0.717) is 6.04 Å². The molecule has 0 saturated carbocycles. The van der Waals surface area contributed by atoms with E-state index >= 15 is 0 Å². The maximum absolute atomic E-state index is 5.05. The van der Waals surface area contributed by atoms with Gasteiger partial charge in [-0.3, -0.25) is 9.47 Å². The van der Waals surface area contributed by atoms with Crippen LogP contribution in [0.15, 0.2) is 85.2 Å². The Morgan fingerprint density at radius 3 is 2.38 bits per heavy atom. The van der Waals surface area contributed by atoms with Crippen LogP contribution in [-0.4, -0.2) is 63.2 Å². The molecule has 0 radical (unpaired) electrons. The van der Waals surface area contributed by atoms with Crippen LogP contribution < -0.4 is 10.2 Å². The van der Waals surface area contributed by atoms with Crippen molar-refractivity contribution in [1.29, 1.82) is 0 Å². The van der Waals surface area contributed by atoms with Crippen LogP contribution in [0.25, 0.3) is 28.2 Å². The van der Waals surface area contributed by atoms with E-state index in [0.717, 1.165) is 79.6 Å². The van der Waals surface area contributed by atoms with Crippen molar-refractivity contribution in [2.45, 2.75) is 39.7 Å². The van der Waals surface area contributed by atoms with Crippen molar-refractivity contribution < 1.29 is 0 Å². The first-order valence-electron chi connectivity index (χ1n) is 14.7. The molecule has 5 aromatic rings. The zero-order valence-electron chi connectivity index (χ0n) is 24.7. The third-order valence-corrected chi connectivity index (χ3v) is 8.34. The number of hydrogen-bond donors (Lipinski definition) is 1. The Balaban J connectivity index is 0.00000353. The van der Waals surface area contributed by atoms with Crippen molar-refractivity contribution in [3.63, 3.8) is 0 Å². The van der Waals surface area contributed by atoms with Gasteiger partial charge >= 0.3 is 0 Å². The summed E-state index contributed by atoms with van der Waals surface area (Å²) in [5.41, 5.74) is 7.85. The maximum Gasteiger partial charge on any atom is 0.170 e. The topological polar surface area (TPSA) is 62.1 Å². The molecule has 42 heavy (non-hydrogen) atoms. The van der Waals surface area contributed by atoms with E-state index in [2.05, 4.69) is 92.9 Å². The molecule has 0 amide bonds. The minimum atomic E-state index is 0. The molecule has 1 atom stereocenters. The molecule has 1 aliphatic heterocycles. The third kappa shape index (κ3) is 6.13. The van der Waals surface area contributed by atoms with Crippen LogP contribution in [0.2, 0.25) is 0 Å². The van der Waals surface area contributed by atoms with Gasteiger partial charge in [-0.25, -0.2) is 15.0 Å². The molecule has 1 saturated heterocycles. The van der Waals surface area contributed by atoms with Gasteiger partial charge in [0.05, 0.1) is 0 Å². The number of nitrogens with one attached hydrogen (secondary N) is 1. The van der Waals surface area contributed by atoms with E-state index in [9.17, 15) is 0 Å². The molecule has 3 heterocycles. The molecule has 1 aliphatic rings. The highest BCUT2D eigenvalue weighted by Crippen LogP contribution is 2.30. The van der Waals surface area contributed by atoms with Crippen molar-refractivity contribution in [3.8, 4) is 17.1 Å². The van der Waals surface area contributed by atoms with Crippen LogP contribution in [0.1, 0.15) is 30.9 Å². The lowest BCUT2D eigenvalue weighted by atomic mass is 10.1. The van der Waals surface area contributed by atoms with E-state index in [1.54, 1.807) is 6.33 Å². The Bertz CT molecular complexity index is 1600. The Morgan fingerprint density at radius 2 is 1.62 bits per heavy atom. The van der Waals surface area contributed by atoms with Gasteiger partial charge in [0, 0.05) is 49.2 Å². The Kier molecular flexibility index (Phi) is 9.40. The second-order valence-corrected chi connectivity index (χ2v) is 11.1. The molecule has 0 aliphatic carbocycles. The van der Waals surface area contributed by atoms with Crippen LogP contribution in [0.4, 0.5) is 11.5 Å². The molecule has 2 aromatic heterocycles. The first-order valence-corrected chi connectivity index (χ1v) is 14.7. The van der Waals surface area contributed by atoms with Crippen molar-refractivity contribution >= 4 is 35.1 Å². The Hall–Kier alpha value is -3.94. The lowest BCUT2D eigenvalue weighted by molar-refractivity contribution is 0.186. The molecule has 218 valence electrons. The number of piperazine rings is 1. The summed E-state index contributed by atoms with van der Waals surface area (Å²) in [5, 5.41) is 3.57. The average Bonchev–Trinajstić information content (AvgIpc) is 3.40. The standard InChI is InChI=1S/C34H39N7.ClH/c1-25-13-12-18-30(27(25)3)40-22-21-39(26(2)23-40)20-11-10-19-35-32-31-34(37-24-36-32)41(29-16-8-5-9-17-29)33(38-31)28-14-6-4-7-15-28;/h4-9,12-18,24,26H,10-11,19-23H2,1-3H3,(H,35,36,37);1H/t26-;/m0./s1. The van der Waals surface area contributed by atoms with Crippen LogP contribution in [0.3, 0.4) is 0 Å². The molecule has 3 aromatic carbocycles. The van der Waals surface area contributed by atoms with Crippen molar-refractivity contribution in [3.05, 3.63) is 96.3 Å². The molecule has 1 N–H and O–H groups in total. The summed E-state index contributed by atoms with van der Waals surface area (Å²) in [6.07, 6.45) is 3.85. The van der Waals surface area contributed by atoms with E-state index < -0.39 is 0 Å². The number of hydrogen-bond acceptors (Lipinski definition) is 6. The second-order valence-electron chi connectivity index (χ2n) is 11.1. The molecule has 1 fully saturated rings. The summed E-state index contributed by atoms with van der Waals surface area (Å²) in [6.45, 7) is 12.0. The number of unbranched alkanes of at least 4 members (excludes halogenated alkanes) is 1. The fraction of sp³-hybridized carbons (Fsp3) is 0.324. The SMILES string of the molecule is Cc1cccc(N2CCN(CCCCNc3ncnc4c3nc(-c3ccccc3)n4-c3ccccc3)[C@@H](C)C2)c1C.Cl. The molecular weight excluding hydrogens is 542 g/mol. The summed E-state index contributed by atoms with van der Waals surface area (Å²) >= 11 is 0. The highest BCUT2D eigenvalue weighted by atomic mass is 35.5. The summed E-state index contributed by atoms with van der Waals surface area (Å²) in [4.78, 5) is 19.5. The zero-order chi connectivity index (χ0) is 28.2. The van der Waals surface area contributed by atoms with Gasteiger partial charge in [0.15, 0.2) is 17.0 Å². The highest BCUT2D eigenvalue weighted by molar-refractivity contribution is 5.88. The van der Waals surface area contributed by atoms with Gasteiger partial charge in [0.25, 0.3) is 0 Å². The van der Waals surface area contributed by atoms with Gasteiger partial charge in [-0.05, 0) is 69.5 Å². The number of para-hydroxylation sites is 1. The van der Waals surface area contributed by atoms with Gasteiger partial charge in [-0.2, -0.15) is 0 Å². The smallest absolute Gasteiger partial charge is 0.170 e. The van der Waals surface area contributed by atoms with E-state index in [4.69, 9.17) is 4.98 Å². The van der Waals surface area contributed by atoms with E-state index in [-0.39, 0.29) is 12.4 Å². The number of nitrogens with zero attached hydrogens (tertiary/aromatic N) is 6. The number of fused-ring (bicyclic) bond motifs is 1. The monoisotopic (exact) mass is 581 g/mol. The van der Waals surface area contributed by atoms with Crippen molar-refractivity contribution in [2.75, 3.05) is 42.9 Å². The second kappa shape index (κ2) is 13.4. The molecule has 0 unspecified atom stereocenters. The van der Waals surface area contributed by atoms with Crippen molar-refractivity contribution in [2.24, 2.45) is 0 Å². The first-order chi connectivity index (χ1) is 20.1. The minimum Gasteiger partial charge on any atom is -0.368 e. The number of anilines is 2. The number of rotatable bonds is 9. The van der Waals surface area contributed by atoms with Crippen LogP contribution in [-0.2, 0) is 0 Å². The third-order valence-electron chi connectivity index (χ3n) is 8.34. The van der Waals surface area contributed by atoms with Crippen LogP contribution in [0.5, 0.6) is 0 Å². The maximum atomic E-state index is 5.05. The highest BCUT2D eigenvalue weighted by Gasteiger charge is 2.24. The fourth-order valence-electron chi connectivity index (χ4n) is 5.90. The van der Waals surface area contributed by atoms with Gasteiger partial charge in [0.2, 0.25) is 0 Å². The van der Waals surface area contributed by atoms with E-state index in [1.165, 1.54) is 16.8 Å². The van der Waals surface area contributed by atoms with Gasteiger partial charge < -0.3 is 10.2 Å². The molecule has 7 nitrogen and oxygen atoms in total. The number of imidazole rings is 1.